The summed E-state index contributed by atoms with van der Waals surface area (Å²) in [6.45, 7) is 2.61. The Labute approximate surface area is 284 Å². The van der Waals surface area contributed by atoms with Gasteiger partial charge in [0.1, 0.15) is 16.6 Å². The van der Waals surface area contributed by atoms with E-state index >= 15 is 0 Å². The maximum Gasteiger partial charge on any atom is 0.326 e. The lowest BCUT2D eigenvalue weighted by Crippen LogP contribution is -2.58. The number of aliphatic carboxylic acids is 1. The first-order valence-electron chi connectivity index (χ1n) is 13.5. The van der Waals surface area contributed by atoms with E-state index in [0.717, 1.165) is 17.4 Å². The van der Waals surface area contributed by atoms with E-state index < -0.39 is 45.4 Å². The van der Waals surface area contributed by atoms with E-state index in [1.807, 2.05) is 0 Å². The zero-order chi connectivity index (χ0) is 34.0. The van der Waals surface area contributed by atoms with E-state index in [1.54, 1.807) is 0 Å². The molecule has 0 unspecified atom stereocenters. The number of carboxylic acid groups (broad SMARTS) is 1. The van der Waals surface area contributed by atoms with E-state index in [9.17, 15) is 32.7 Å². The number of carbonyl (C=O) groups excluding carboxylic acids is 3. The molecular weight excluding hydrogens is 706 g/mol. The molecule has 2 atom stereocenters. The molecule has 1 aliphatic heterocycles. The van der Waals surface area contributed by atoms with Crippen molar-refractivity contribution in [3.8, 4) is 5.88 Å². The summed E-state index contributed by atoms with van der Waals surface area (Å²) in [7, 11) is -4.22. The number of hydrogen-bond donors (Lipinski definition) is 3. The number of pyridine rings is 1. The molecule has 0 bridgehead atoms. The average Bonchev–Trinajstić information content (AvgIpc) is 3.38. The third-order valence-corrected chi connectivity index (χ3v) is 10.2. The van der Waals surface area contributed by atoms with Crippen LogP contribution in [0.2, 0.25) is 20.1 Å². The van der Waals surface area contributed by atoms with Gasteiger partial charge in [-0.25, -0.2) is 18.2 Å². The van der Waals surface area contributed by atoms with Crippen molar-refractivity contribution in [3.63, 3.8) is 0 Å². The van der Waals surface area contributed by atoms with Crippen LogP contribution in [0.4, 0.5) is 5.69 Å². The lowest BCUT2D eigenvalue weighted by atomic mass is 9.97. The van der Waals surface area contributed by atoms with Crippen LogP contribution in [0.5, 0.6) is 5.88 Å². The zero-order valence-corrected chi connectivity index (χ0v) is 28.0. The first-order chi connectivity index (χ1) is 21.5. The van der Waals surface area contributed by atoms with Gasteiger partial charge in [0, 0.05) is 35.6 Å². The third kappa shape index (κ3) is 7.73. The highest BCUT2D eigenvalue weighted by Crippen LogP contribution is 2.36. The number of nitrogens with zero attached hydrogens (tertiary/aromatic N) is 2. The van der Waals surface area contributed by atoms with Gasteiger partial charge in [-0.3, -0.25) is 14.4 Å². The quantitative estimate of drug-likeness (QED) is 0.236. The monoisotopic (exact) mass is 730 g/mol. The molecule has 1 saturated heterocycles. The second-order valence-corrected chi connectivity index (χ2v) is 14.0. The Morgan fingerprint density at radius 2 is 1.70 bits per heavy atom. The van der Waals surface area contributed by atoms with E-state index in [1.165, 1.54) is 49.4 Å². The number of benzene rings is 2. The molecule has 3 aromatic rings. The van der Waals surface area contributed by atoms with Crippen molar-refractivity contribution >= 4 is 85.9 Å². The summed E-state index contributed by atoms with van der Waals surface area (Å²) in [5.74, 6) is -3.83. The fourth-order valence-electron chi connectivity index (χ4n) is 4.89. The largest absolute Gasteiger partial charge is 0.480 e. The lowest BCUT2D eigenvalue weighted by molar-refractivity contribution is -0.143. The van der Waals surface area contributed by atoms with Crippen molar-refractivity contribution in [2.75, 3.05) is 11.9 Å². The van der Waals surface area contributed by atoms with Crippen molar-refractivity contribution in [1.29, 1.82) is 0 Å². The number of carboxylic acids is 1. The van der Waals surface area contributed by atoms with Crippen molar-refractivity contribution in [2.24, 2.45) is 0 Å². The molecule has 1 aliphatic rings. The van der Waals surface area contributed by atoms with Gasteiger partial charge in [0.05, 0.1) is 21.7 Å². The fourth-order valence-corrected chi connectivity index (χ4v) is 7.97. The summed E-state index contributed by atoms with van der Waals surface area (Å²) in [5, 5.41) is 14.8. The van der Waals surface area contributed by atoms with Crippen LogP contribution in [-0.4, -0.2) is 64.7 Å². The Morgan fingerprint density at radius 3 is 2.28 bits per heavy atom. The Bertz CT molecular complexity index is 1800. The summed E-state index contributed by atoms with van der Waals surface area (Å²) < 4.78 is 32.9. The summed E-state index contributed by atoms with van der Waals surface area (Å²) in [4.78, 5) is 53.5. The number of esters is 1. The van der Waals surface area contributed by atoms with E-state index in [0.29, 0.717) is 17.7 Å². The Kier molecular flexibility index (Phi) is 10.9. The molecule has 0 spiro atoms. The normalized spacial score (nSPS) is 17.3. The van der Waals surface area contributed by atoms with Gasteiger partial charge in [-0.15, -0.1) is 0 Å². The Balaban J connectivity index is 1.47. The number of amides is 2. The van der Waals surface area contributed by atoms with Crippen LogP contribution < -0.4 is 15.4 Å². The lowest BCUT2D eigenvalue weighted by Gasteiger charge is -2.34. The molecule has 2 amide bonds. The van der Waals surface area contributed by atoms with Crippen molar-refractivity contribution in [3.05, 3.63) is 79.9 Å². The number of aromatic nitrogens is 1. The van der Waals surface area contributed by atoms with E-state index in [4.69, 9.17) is 51.1 Å². The number of anilines is 1. The maximum absolute atomic E-state index is 13.5. The van der Waals surface area contributed by atoms with Crippen LogP contribution in [0.3, 0.4) is 0 Å². The van der Waals surface area contributed by atoms with Gasteiger partial charge < -0.3 is 20.5 Å². The maximum atomic E-state index is 13.5. The van der Waals surface area contributed by atoms with Crippen LogP contribution in [0, 0.1) is 0 Å². The van der Waals surface area contributed by atoms with Crippen LogP contribution >= 0.6 is 46.4 Å². The second kappa shape index (κ2) is 14.1. The third-order valence-electron chi connectivity index (χ3n) is 7.15. The standard InChI is InChI=1S/C29H26Cl4N4O8S/c1-15(38)45-26-24(33)23(21(32)14-34-26)25(39)35-19-6-4-16(5-7-19)10-22(27(40)41)36-28(42)29(2)8-3-9-37(29)46(43,44)20-12-17(30)11-18(31)13-20/h4-7,11-14,22H,3,8-10H2,1-2H3,(H,35,39)(H,36,42)(H,40,41)/t22-,29-/m0/s1. The number of hydrogen-bond acceptors (Lipinski definition) is 8. The number of carbonyl (C=O) groups is 4. The minimum Gasteiger partial charge on any atom is -0.480 e. The molecule has 0 radical (unpaired) electrons. The highest BCUT2D eigenvalue weighted by molar-refractivity contribution is 7.89. The minimum absolute atomic E-state index is 0.0300. The molecule has 244 valence electrons. The van der Waals surface area contributed by atoms with Crippen LogP contribution in [0.1, 0.15) is 42.6 Å². The summed E-state index contributed by atoms with van der Waals surface area (Å²) in [5.41, 5.74) is -0.983. The summed E-state index contributed by atoms with van der Waals surface area (Å²) >= 11 is 24.3. The van der Waals surface area contributed by atoms with Gasteiger partial charge in [-0.1, -0.05) is 58.5 Å². The highest BCUT2D eigenvalue weighted by atomic mass is 35.5. The molecule has 2 aromatic carbocycles. The molecule has 3 N–H and O–H groups in total. The van der Waals surface area contributed by atoms with Crippen molar-refractivity contribution in [1.82, 2.24) is 14.6 Å². The molecule has 2 heterocycles. The van der Waals surface area contributed by atoms with Crippen molar-refractivity contribution < 1.29 is 37.4 Å². The number of ether oxygens (including phenoxy) is 1. The molecular formula is C29H26Cl4N4O8S. The first-order valence-corrected chi connectivity index (χ1v) is 16.4. The molecule has 46 heavy (non-hydrogen) atoms. The predicted octanol–water partition coefficient (Wildman–Crippen LogP) is 5.23. The zero-order valence-electron chi connectivity index (χ0n) is 24.1. The minimum atomic E-state index is -4.22. The SMILES string of the molecule is CC(=O)Oc1ncc(Cl)c(C(=O)Nc2ccc(C[C@H](NC(=O)[C@]3(C)CCCN3S(=O)(=O)c3cc(Cl)cc(Cl)c3)C(=O)O)cc2)c1Cl. The topological polar surface area (TPSA) is 172 Å². The fraction of sp³-hybridized carbons (Fsp3) is 0.276. The van der Waals surface area contributed by atoms with Gasteiger partial charge >= 0.3 is 11.9 Å². The molecule has 0 aliphatic carbocycles. The molecule has 17 heteroatoms. The molecule has 1 aromatic heterocycles. The average molecular weight is 732 g/mol. The Hall–Kier alpha value is -3.46. The number of halogens is 4. The van der Waals surface area contributed by atoms with Crippen LogP contribution in [0.15, 0.2) is 53.6 Å². The molecule has 0 saturated carbocycles. The molecule has 1 fully saturated rings. The van der Waals surface area contributed by atoms with Gasteiger partial charge in [-0.2, -0.15) is 4.31 Å². The summed E-state index contributed by atoms with van der Waals surface area (Å²) in [6, 6.07) is 8.48. The van der Waals surface area contributed by atoms with Gasteiger partial charge in [0.25, 0.3) is 5.91 Å². The second-order valence-electron chi connectivity index (χ2n) is 10.5. The summed E-state index contributed by atoms with van der Waals surface area (Å²) in [6.07, 6.45) is 1.47. The molecule has 4 rings (SSSR count). The Morgan fingerprint density at radius 1 is 1.07 bits per heavy atom. The number of sulfonamides is 1. The van der Waals surface area contributed by atoms with Crippen LogP contribution in [-0.2, 0) is 30.8 Å². The predicted molar refractivity (Wildman–Crippen MR) is 171 cm³/mol. The molecule has 12 nitrogen and oxygen atoms in total. The van der Waals surface area contributed by atoms with Gasteiger partial charge in [0.2, 0.25) is 21.8 Å². The van der Waals surface area contributed by atoms with Gasteiger partial charge in [0.15, 0.2) is 0 Å². The van der Waals surface area contributed by atoms with Gasteiger partial charge in [-0.05, 0) is 55.7 Å². The number of rotatable bonds is 10. The van der Waals surface area contributed by atoms with E-state index in [-0.39, 0.29) is 55.8 Å². The van der Waals surface area contributed by atoms with Crippen LogP contribution in [0.25, 0.3) is 0 Å². The highest BCUT2D eigenvalue weighted by Gasteiger charge is 2.50. The number of nitrogens with one attached hydrogen (secondary N) is 2. The first kappa shape index (κ1) is 35.4. The van der Waals surface area contributed by atoms with Crippen molar-refractivity contribution in [2.45, 2.75) is 49.6 Å². The van der Waals surface area contributed by atoms with E-state index in [2.05, 4.69) is 15.6 Å². The smallest absolute Gasteiger partial charge is 0.326 e.